The summed E-state index contributed by atoms with van der Waals surface area (Å²) < 4.78 is 15.4. The Labute approximate surface area is 156 Å². The lowest BCUT2D eigenvalue weighted by molar-refractivity contribution is 0.0943. The van der Waals surface area contributed by atoms with E-state index < -0.39 is 5.60 Å². The Bertz CT molecular complexity index is 949. The number of imidazole rings is 1. The topological polar surface area (TPSA) is 114 Å². The molecule has 3 rings (SSSR count). The van der Waals surface area contributed by atoms with Gasteiger partial charge in [0.1, 0.15) is 5.82 Å². The Morgan fingerprint density at radius 1 is 1.26 bits per heavy atom. The Morgan fingerprint density at radius 3 is 2.74 bits per heavy atom. The number of hydrogen-bond acceptors (Lipinski definition) is 7. The molecule has 2 heterocycles. The van der Waals surface area contributed by atoms with Crippen LogP contribution in [0.2, 0.25) is 0 Å². The maximum atomic E-state index is 13.5. The monoisotopic (exact) mass is 373 g/mol. The summed E-state index contributed by atoms with van der Waals surface area (Å²) in [6, 6.07) is 4.24. The summed E-state index contributed by atoms with van der Waals surface area (Å²) in [5.74, 6) is 0.528. The van der Waals surface area contributed by atoms with Gasteiger partial charge in [-0.1, -0.05) is 0 Å². The third kappa shape index (κ3) is 4.43. The standard InChI is InChI=1S/C18H24FN7O/c1-4-26-10-23-14-15(21-8-11-7-12(19)5-6-13(11)20)24-17(25-16(14)26)22-9-18(2,3)27/h5-7,10,27H,4,8-9,20H2,1-3H3,(H2,21,22,24,25). The number of anilines is 3. The molecule has 0 unspecified atom stereocenters. The van der Waals surface area contributed by atoms with Gasteiger partial charge in [-0.15, -0.1) is 0 Å². The van der Waals surface area contributed by atoms with Gasteiger partial charge in [-0.2, -0.15) is 9.97 Å². The van der Waals surface area contributed by atoms with Crippen LogP contribution in [0, 0.1) is 5.82 Å². The molecule has 2 aromatic heterocycles. The molecule has 0 aliphatic heterocycles. The molecule has 0 spiro atoms. The van der Waals surface area contributed by atoms with Crippen LogP contribution in [0.3, 0.4) is 0 Å². The molecule has 0 aliphatic rings. The number of benzene rings is 1. The molecule has 0 aliphatic carbocycles. The summed E-state index contributed by atoms with van der Waals surface area (Å²) in [4.78, 5) is 13.3. The van der Waals surface area contributed by atoms with Crippen molar-refractivity contribution in [2.24, 2.45) is 0 Å². The van der Waals surface area contributed by atoms with Crippen molar-refractivity contribution in [1.29, 1.82) is 0 Å². The number of rotatable bonds is 7. The van der Waals surface area contributed by atoms with E-state index in [4.69, 9.17) is 5.73 Å². The second-order valence-electron chi connectivity index (χ2n) is 6.96. The number of hydrogen-bond donors (Lipinski definition) is 4. The third-order valence-corrected chi connectivity index (χ3v) is 4.03. The highest BCUT2D eigenvalue weighted by Crippen LogP contribution is 2.23. The minimum atomic E-state index is -0.910. The van der Waals surface area contributed by atoms with Gasteiger partial charge >= 0.3 is 0 Å². The molecular formula is C18H24FN7O. The van der Waals surface area contributed by atoms with Gasteiger partial charge in [0.15, 0.2) is 17.0 Å². The first-order valence-corrected chi connectivity index (χ1v) is 8.73. The van der Waals surface area contributed by atoms with Gasteiger partial charge in [0.2, 0.25) is 5.95 Å². The van der Waals surface area contributed by atoms with Crippen LogP contribution in [0.25, 0.3) is 11.2 Å². The number of nitrogens with two attached hydrogens (primary N) is 1. The fourth-order valence-electron chi connectivity index (χ4n) is 2.58. The molecule has 5 N–H and O–H groups in total. The second kappa shape index (κ2) is 7.36. The van der Waals surface area contributed by atoms with Gasteiger partial charge < -0.3 is 26.0 Å². The quantitative estimate of drug-likeness (QED) is 0.470. The van der Waals surface area contributed by atoms with Crippen molar-refractivity contribution >= 4 is 28.6 Å². The number of aliphatic hydroxyl groups is 1. The second-order valence-corrected chi connectivity index (χ2v) is 6.96. The first-order chi connectivity index (χ1) is 12.8. The zero-order valence-electron chi connectivity index (χ0n) is 15.6. The fraction of sp³-hybridized carbons (Fsp3) is 0.389. The predicted molar refractivity (Wildman–Crippen MR) is 104 cm³/mol. The van der Waals surface area contributed by atoms with E-state index in [0.717, 1.165) is 0 Å². The molecule has 1 aromatic carbocycles. The van der Waals surface area contributed by atoms with E-state index in [1.165, 1.54) is 18.2 Å². The van der Waals surface area contributed by atoms with Gasteiger partial charge in [0, 0.05) is 25.3 Å². The number of fused-ring (bicyclic) bond motifs is 1. The molecule has 9 heteroatoms. The zero-order valence-corrected chi connectivity index (χ0v) is 15.6. The summed E-state index contributed by atoms with van der Waals surface area (Å²) in [6.45, 7) is 6.67. The highest BCUT2D eigenvalue weighted by atomic mass is 19.1. The fourth-order valence-corrected chi connectivity index (χ4v) is 2.58. The minimum Gasteiger partial charge on any atom is -0.398 e. The lowest BCUT2D eigenvalue weighted by Crippen LogP contribution is -2.30. The van der Waals surface area contributed by atoms with Gasteiger partial charge in [-0.05, 0) is 44.5 Å². The molecule has 0 radical (unpaired) electrons. The molecule has 0 saturated carbocycles. The number of aryl methyl sites for hydroxylation is 1. The molecule has 0 saturated heterocycles. The van der Waals surface area contributed by atoms with Gasteiger partial charge in [0.05, 0.1) is 11.9 Å². The Hall–Kier alpha value is -2.94. The summed E-state index contributed by atoms with van der Waals surface area (Å²) >= 11 is 0. The van der Waals surface area contributed by atoms with Crippen LogP contribution in [0.15, 0.2) is 24.5 Å². The molecule has 8 nitrogen and oxygen atoms in total. The maximum Gasteiger partial charge on any atom is 0.226 e. The summed E-state index contributed by atoms with van der Waals surface area (Å²) in [6.07, 6.45) is 1.70. The van der Waals surface area contributed by atoms with Crippen molar-refractivity contribution in [3.63, 3.8) is 0 Å². The number of aromatic nitrogens is 4. The Morgan fingerprint density at radius 2 is 2.04 bits per heavy atom. The molecule has 0 atom stereocenters. The average molecular weight is 373 g/mol. The van der Waals surface area contributed by atoms with Crippen molar-refractivity contribution in [3.8, 4) is 0 Å². The SMILES string of the molecule is CCn1cnc2c(NCc3cc(F)ccc3N)nc(NCC(C)(C)O)nc21. The first-order valence-electron chi connectivity index (χ1n) is 8.73. The molecule has 0 fully saturated rings. The van der Waals surface area contributed by atoms with Crippen LogP contribution in [-0.4, -0.2) is 36.8 Å². The van der Waals surface area contributed by atoms with Crippen LogP contribution >= 0.6 is 0 Å². The molecule has 144 valence electrons. The number of nitrogens with one attached hydrogen (secondary N) is 2. The van der Waals surface area contributed by atoms with Crippen molar-refractivity contribution in [3.05, 3.63) is 35.9 Å². The van der Waals surface area contributed by atoms with E-state index >= 15 is 0 Å². The lowest BCUT2D eigenvalue weighted by atomic mass is 10.1. The highest BCUT2D eigenvalue weighted by Gasteiger charge is 2.16. The zero-order chi connectivity index (χ0) is 19.6. The summed E-state index contributed by atoms with van der Waals surface area (Å²) in [7, 11) is 0. The molecule has 0 amide bonds. The van der Waals surface area contributed by atoms with E-state index in [0.29, 0.717) is 47.3 Å². The maximum absolute atomic E-state index is 13.5. The van der Waals surface area contributed by atoms with Crippen molar-refractivity contribution < 1.29 is 9.50 Å². The minimum absolute atomic E-state index is 0.287. The van der Waals surface area contributed by atoms with Crippen molar-refractivity contribution in [1.82, 2.24) is 19.5 Å². The van der Waals surface area contributed by atoms with Gasteiger partial charge in [0.25, 0.3) is 0 Å². The van der Waals surface area contributed by atoms with E-state index in [9.17, 15) is 9.50 Å². The normalized spacial score (nSPS) is 11.7. The Kier molecular flexibility index (Phi) is 5.13. The van der Waals surface area contributed by atoms with E-state index in [-0.39, 0.29) is 12.4 Å². The first kappa shape index (κ1) is 18.8. The molecular weight excluding hydrogens is 349 g/mol. The largest absolute Gasteiger partial charge is 0.398 e. The van der Waals surface area contributed by atoms with Crippen molar-refractivity contribution in [2.45, 2.75) is 39.5 Å². The van der Waals surface area contributed by atoms with Crippen LogP contribution < -0.4 is 16.4 Å². The smallest absolute Gasteiger partial charge is 0.226 e. The van der Waals surface area contributed by atoms with Crippen LogP contribution in [0.4, 0.5) is 21.8 Å². The van der Waals surface area contributed by atoms with Crippen LogP contribution in [0.5, 0.6) is 0 Å². The predicted octanol–water partition coefficient (Wildman–Crippen LogP) is 2.36. The van der Waals surface area contributed by atoms with E-state index in [1.54, 1.807) is 20.2 Å². The number of nitrogen functional groups attached to an aromatic ring is 1. The highest BCUT2D eigenvalue weighted by molar-refractivity contribution is 5.84. The summed E-state index contributed by atoms with van der Waals surface area (Å²) in [5.41, 5.74) is 7.41. The van der Waals surface area contributed by atoms with Crippen molar-refractivity contribution in [2.75, 3.05) is 22.9 Å². The van der Waals surface area contributed by atoms with E-state index in [2.05, 4.69) is 25.6 Å². The van der Waals surface area contributed by atoms with Crippen LogP contribution in [-0.2, 0) is 13.1 Å². The third-order valence-electron chi connectivity index (χ3n) is 4.03. The number of halogens is 1. The average Bonchev–Trinajstić information content (AvgIpc) is 3.03. The van der Waals surface area contributed by atoms with Gasteiger partial charge in [-0.3, -0.25) is 0 Å². The Balaban J connectivity index is 1.92. The van der Waals surface area contributed by atoms with E-state index in [1.807, 2.05) is 11.5 Å². The molecule has 27 heavy (non-hydrogen) atoms. The number of nitrogens with zero attached hydrogens (tertiary/aromatic N) is 4. The van der Waals surface area contributed by atoms with Gasteiger partial charge in [-0.25, -0.2) is 9.37 Å². The lowest BCUT2D eigenvalue weighted by Gasteiger charge is -2.18. The summed E-state index contributed by atoms with van der Waals surface area (Å²) in [5, 5.41) is 16.1. The van der Waals surface area contributed by atoms with Crippen LogP contribution in [0.1, 0.15) is 26.3 Å². The molecule has 3 aromatic rings. The molecule has 0 bridgehead atoms.